The standard InChI is InChI=1S/C27H24FN3O4S/c1-17(2)31-23(16-32)24(19-8-10-20(28)11-9-19)25(18-6-4-3-5-7-18)26(31)27(33)30-21-12-14-22(15-13-21)36(29,34)35/h3-17H,1-2H3,(H,30,33)(H2,29,34,35). The number of primary sulfonamides is 1. The van der Waals surface area contributed by atoms with Gasteiger partial charge < -0.3 is 9.88 Å². The molecule has 1 aromatic heterocycles. The number of rotatable bonds is 7. The van der Waals surface area contributed by atoms with Gasteiger partial charge in [0.15, 0.2) is 6.29 Å². The Morgan fingerprint density at radius 1 is 0.917 bits per heavy atom. The summed E-state index contributed by atoms with van der Waals surface area (Å²) in [5.41, 5.74) is 3.20. The molecule has 0 saturated heterocycles. The van der Waals surface area contributed by atoms with Gasteiger partial charge in [-0.1, -0.05) is 42.5 Å². The number of halogens is 1. The average molecular weight is 506 g/mol. The number of carbonyl (C=O) groups is 2. The molecule has 4 aromatic rings. The molecule has 36 heavy (non-hydrogen) atoms. The van der Waals surface area contributed by atoms with E-state index in [1.807, 2.05) is 44.2 Å². The second-order valence-corrected chi connectivity index (χ2v) is 10.0. The first-order valence-electron chi connectivity index (χ1n) is 11.1. The summed E-state index contributed by atoms with van der Waals surface area (Å²) in [6.45, 7) is 3.71. The van der Waals surface area contributed by atoms with Gasteiger partial charge in [-0.3, -0.25) is 9.59 Å². The molecule has 7 nitrogen and oxygen atoms in total. The fraction of sp³-hybridized carbons (Fsp3) is 0.111. The van der Waals surface area contributed by atoms with Crippen molar-refractivity contribution in [2.75, 3.05) is 5.32 Å². The average Bonchev–Trinajstić information content (AvgIpc) is 3.20. The van der Waals surface area contributed by atoms with Crippen molar-refractivity contribution >= 4 is 27.9 Å². The molecule has 3 N–H and O–H groups in total. The van der Waals surface area contributed by atoms with E-state index < -0.39 is 21.7 Å². The van der Waals surface area contributed by atoms with Gasteiger partial charge in [-0.05, 0) is 61.4 Å². The molecule has 184 valence electrons. The van der Waals surface area contributed by atoms with Crippen molar-refractivity contribution in [3.63, 3.8) is 0 Å². The maximum absolute atomic E-state index is 13.7. The molecule has 0 spiro atoms. The van der Waals surface area contributed by atoms with Crippen LogP contribution >= 0.6 is 0 Å². The number of sulfonamides is 1. The summed E-state index contributed by atoms with van der Waals surface area (Å²) >= 11 is 0. The molecule has 0 aliphatic rings. The van der Waals surface area contributed by atoms with Gasteiger partial charge in [0, 0.05) is 22.9 Å². The zero-order valence-corrected chi connectivity index (χ0v) is 20.4. The summed E-state index contributed by atoms with van der Waals surface area (Å²) in [4.78, 5) is 26.1. The molecule has 1 amide bonds. The fourth-order valence-corrected chi connectivity index (χ4v) is 4.71. The molecule has 0 unspecified atom stereocenters. The Hall–Kier alpha value is -4.08. The summed E-state index contributed by atoms with van der Waals surface area (Å²) in [5, 5.41) is 7.96. The first-order chi connectivity index (χ1) is 17.1. The number of aldehydes is 1. The molecule has 0 radical (unpaired) electrons. The van der Waals surface area contributed by atoms with Gasteiger partial charge in [0.1, 0.15) is 11.5 Å². The lowest BCUT2D eigenvalue weighted by molar-refractivity contribution is 0.101. The van der Waals surface area contributed by atoms with Gasteiger partial charge in [0.2, 0.25) is 10.0 Å². The molecule has 0 bridgehead atoms. The lowest BCUT2D eigenvalue weighted by Gasteiger charge is -2.16. The second kappa shape index (κ2) is 9.88. The first kappa shape index (κ1) is 25.0. The number of amides is 1. The zero-order chi connectivity index (χ0) is 26.0. The molecule has 0 aliphatic heterocycles. The van der Waals surface area contributed by atoms with E-state index >= 15 is 0 Å². The van der Waals surface area contributed by atoms with Crippen LogP contribution in [0.5, 0.6) is 0 Å². The number of nitrogens with one attached hydrogen (secondary N) is 1. The van der Waals surface area contributed by atoms with Gasteiger partial charge in [0.25, 0.3) is 5.91 Å². The summed E-state index contributed by atoms with van der Waals surface area (Å²) in [5.74, 6) is -0.917. The molecule has 9 heteroatoms. The third kappa shape index (κ3) is 4.84. The van der Waals surface area contributed by atoms with Gasteiger partial charge in [-0.15, -0.1) is 0 Å². The third-order valence-electron chi connectivity index (χ3n) is 5.72. The smallest absolute Gasteiger partial charge is 0.272 e. The van der Waals surface area contributed by atoms with Crippen molar-refractivity contribution in [2.45, 2.75) is 24.8 Å². The van der Waals surface area contributed by atoms with E-state index in [1.165, 1.54) is 36.4 Å². The van der Waals surface area contributed by atoms with Gasteiger partial charge in [-0.25, -0.2) is 17.9 Å². The van der Waals surface area contributed by atoms with Crippen molar-refractivity contribution in [1.82, 2.24) is 4.57 Å². The highest BCUT2D eigenvalue weighted by molar-refractivity contribution is 7.89. The SMILES string of the molecule is CC(C)n1c(C=O)c(-c2ccc(F)cc2)c(-c2ccccc2)c1C(=O)Nc1ccc(S(N)(=O)=O)cc1. The van der Waals surface area contributed by atoms with E-state index in [0.717, 1.165) is 0 Å². The van der Waals surface area contributed by atoms with Crippen LogP contribution in [0.1, 0.15) is 40.9 Å². The Labute approximate surface area is 208 Å². The van der Waals surface area contributed by atoms with E-state index in [9.17, 15) is 22.4 Å². The molecule has 0 atom stereocenters. The quantitative estimate of drug-likeness (QED) is 0.334. The minimum absolute atomic E-state index is 0.0853. The van der Waals surface area contributed by atoms with Crippen LogP contribution in [0.2, 0.25) is 0 Å². The second-order valence-electron chi connectivity index (χ2n) is 8.46. The third-order valence-corrected chi connectivity index (χ3v) is 6.65. The molecule has 1 heterocycles. The first-order valence-corrected chi connectivity index (χ1v) is 12.7. The fourth-order valence-electron chi connectivity index (χ4n) is 4.20. The highest BCUT2D eigenvalue weighted by atomic mass is 32.2. The van der Waals surface area contributed by atoms with E-state index in [4.69, 9.17) is 5.14 Å². The van der Waals surface area contributed by atoms with Crippen LogP contribution in [0.25, 0.3) is 22.3 Å². The number of nitrogens with zero attached hydrogens (tertiary/aromatic N) is 1. The van der Waals surface area contributed by atoms with Crippen molar-refractivity contribution in [2.24, 2.45) is 5.14 Å². The molecule has 0 fully saturated rings. The Kier molecular flexibility index (Phi) is 6.87. The van der Waals surface area contributed by atoms with Crippen molar-refractivity contribution < 1.29 is 22.4 Å². The number of nitrogens with two attached hydrogens (primary N) is 1. The maximum atomic E-state index is 13.7. The largest absolute Gasteiger partial charge is 0.331 e. The predicted octanol–water partition coefficient (Wildman–Crippen LogP) is 5.25. The summed E-state index contributed by atoms with van der Waals surface area (Å²) in [6.07, 6.45) is 0.697. The zero-order valence-electron chi connectivity index (χ0n) is 19.6. The minimum atomic E-state index is -3.88. The monoisotopic (exact) mass is 505 g/mol. The Morgan fingerprint density at radius 2 is 1.50 bits per heavy atom. The van der Waals surface area contributed by atoms with E-state index in [1.54, 1.807) is 16.7 Å². The normalized spacial score (nSPS) is 11.5. The number of hydrogen-bond acceptors (Lipinski definition) is 4. The number of benzene rings is 3. The van der Waals surface area contributed by atoms with Crippen molar-refractivity contribution in [3.8, 4) is 22.3 Å². The highest BCUT2D eigenvalue weighted by Crippen LogP contribution is 2.41. The summed E-state index contributed by atoms with van der Waals surface area (Å²) in [6, 6.07) is 20.1. The van der Waals surface area contributed by atoms with Crippen LogP contribution < -0.4 is 10.5 Å². The van der Waals surface area contributed by atoms with E-state index in [0.29, 0.717) is 34.2 Å². The predicted molar refractivity (Wildman–Crippen MR) is 137 cm³/mol. The number of anilines is 1. The number of carbonyl (C=O) groups excluding carboxylic acids is 2. The van der Waals surface area contributed by atoms with E-state index in [-0.39, 0.29) is 22.3 Å². The van der Waals surface area contributed by atoms with Crippen LogP contribution in [-0.2, 0) is 10.0 Å². The lowest BCUT2D eigenvalue weighted by atomic mass is 9.94. The van der Waals surface area contributed by atoms with Crippen LogP contribution in [0.4, 0.5) is 10.1 Å². The molecule has 0 aliphatic carbocycles. The van der Waals surface area contributed by atoms with Gasteiger partial charge in [0.05, 0.1) is 10.6 Å². The van der Waals surface area contributed by atoms with Crippen molar-refractivity contribution in [1.29, 1.82) is 0 Å². The summed E-state index contributed by atoms with van der Waals surface area (Å²) in [7, 11) is -3.88. The molecular formula is C27H24FN3O4S. The minimum Gasteiger partial charge on any atom is -0.331 e. The Balaban J connectivity index is 1.95. The molecule has 4 rings (SSSR count). The van der Waals surface area contributed by atoms with Gasteiger partial charge in [-0.2, -0.15) is 0 Å². The van der Waals surface area contributed by atoms with Crippen LogP contribution in [-0.4, -0.2) is 25.2 Å². The van der Waals surface area contributed by atoms with E-state index in [2.05, 4.69) is 5.32 Å². The van der Waals surface area contributed by atoms with Crippen molar-refractivity contribution in [3.05, 3.63) is 96.1 Å². The topological polar surface area (TPSA) is 111 Å². The van der Waals surface area contributed by atoms with Gasteiger partial charge >= 0.3 is 0 Å². The van der Waals surface area contributed by atoms with Crippen LogP contribution in [0.15, 0.2) is 83.8 Å². The highest BCUT2D eigenvalue weighted by Gasteiger charge is 2.30. The maximum Gasteiger partial charge on any atom is 0.272 e. The summed E-state index contributed by atoms with van der Waals surface area (Å²) < 4.78 is 38.5. The molecular weight excluding hydrogens is 481 g/mol. The molecule has 0 saturated carbocycles. The Morgan fingerprint density at radius 3 is 2.03 bits per heavy atom. The van der Waals surface area contributed by atoms with Crippen LogP contribution in [0.3, 0.4) is 0 Å². The number of hydrogen-bond donors (Lipinski definition) is 2. The van der Waals surface area contributed by atoms with Crippen LogP contribution in [0, 0.1) is 5.82 Å². The Bertz CT molecular complexity index is 1530. The molecule has 3 aromatic carbocycles. The number of aromatic nitrogens is 1. The lowest BCUT2D eigenvalue weighted by Crippen LogP contribution is -2.20.